The van der Waals surface area contributed by atoms with Crippen LogP contribution in [0.15, 0.2) is 18.2 Å². The topological polar surface area (TPSA) is 78.7 Å². The molecule has 0 fully saturated rings. The van der Waals surface area contributed by atoms with Gasteiger partial charge in [-0.3, -0.25) is 4.79 Å². The molecule has 0 saturated heterocycles. The van der Waals surface area contributed by atoms with Gasteiger partial charge in [0, 0.05) is 19.7 Å². The largest absolute Gasteiger partial charge is 0.486 e. The van der Waals surface area contributed by atoms with Crippen LogP contribution in [0.1, 0.15) is 41.9 Å². The van der Waals surface area contributed by atoms with E-state index >= 15 is 0 Å². The average Bonchev–Trinajstić information content (AvgIpc) is 3.09. The molecule has 1 amide bonds. The van der Waals surface area contributed by atoms with Crippen molar-refractivity contribution in [2.75, 3.05) is 26.4 Å². The van der Waals surface area contributed by atoms with Gasteiger partial charge in [0.1, 0.15) is 19.8 Å². The molecule has 0 aliphatic carbocycles. The Morgan fingerprint density at radius 1 is 1.27 bits per heavy atom. The van der Waals surface area contributed by atoms with Crippen molar-refractivity contribution in [1.82, 2.24) is 19.7 Å². The molecule has 0 radical (unpaired) electrons. The SMILES string of the molecule is CCOCc1nnc2n1CCN(C(=O)c1cccc3c1OCCO3)[C@@H]2C. The van der Waals surface area contributed by atoms with Crippen LogP contribution in [0.25, 0.3) is 0 Å². The summed E-state index contributed by atoms with van der Waals surface area (Å²) in [4.78, 5) is 15.0. The van der Waals surface area contributed by atoms with E-state index < -0.39 is 0 Å². The van der Waals surface area contributed by atoms with E-state index in [1.807, 2.05) is 35.4 Å². The number of para-hydroxylation sites is 1. The quantitative estimate of drug-likeness (QED) is 0.829. The van der Waals surface area contributed by atoms with Gasteiger partial charge >= 0.3 is 0 Å². The first-order valence-electron chi connectivity index (χ1n) is 8.90. The molecular formula is C18H22N4O4. The van der Waals surface area contributed by atoms with E-state index in [4.69, 9.17) is 14.2 Å². The number of rotatable bonds is 4. The smallest absolute Gasteiger partial charge is 0.258 e. The second kappa shape index (κ2) is 6.95. The first-order valence-corrected chi connectivity index (χ1v) is 8.90. The lowest BCUT2D eigenvalue weighted by atomic mass is 10.1. The summed E-state index contributed by atoms with van der Waals surface area (Å²) in [6.07, 6.45) is 0. The van der Waals surface area contributed by atoms with Crippen LogP contribution in [0.5, 0.6) is 11.5 Å². The zero-order valence-corrected chi connectivity index (χ0v) is 15.0. The van der Waals surface area contributed by atoms with Gasteiger partial charge in [-0.15, -0.1) is 10.2 Å². The highest BCUT2D eigenvalue weighted by molar-refractivity contribution is 5.98. The molecule has 3 heterocycles. The summed E-state index contributed by atoms with van der Waals surface area (Å²) >= 11 is 0. The molecule has 2 aliphatic rings. The minimum Gasteiger partial charge on any atom is -0.486 e. The standard InChI is InChI=1S/C18H22N4O4/c1-3-24-11-15-19-20-17-12(2)21(7-8-22(15)17)18(23)13-5-4-6-14-16(13)26-10-9-25-14/h4-6,12H,3,7-11H2,1-2H3/t12-/m1/s1. The second-order valence-corrected chi connectivity index (χ2v) is 6.27. The van der Waals surface area contributed by atoms with Gasteiger partial charge in [-0.05, 0) is 26.0 Å². The number of benzene rings is 1. The summed E-state index contributed by atoms with van der Waals surface area (Å²) in [5, 5.41) is 8.52. The van der Waals surface area contributed by atoms with E-state index in [0.29, 0.717) is 56.6 Å². The first kappa shape index (κ1) is 16.8. The number of hydrogen-bond donors (Lipinski definition) is 0. The van der Waals surface area contributed by atoms with Gasteiger partial charge in [0.15, 0.2) is 23.1 Å². The number of ether oxygens (including phenoxy) is 3. The lowest BCUT2D eigenvalue weighted by molar-refractivity contribution is 0.0620. The van der Waals surface area contributed by atoms with Gasteiger partial charge in [-0.1, -0.05) is 6.07 Å². The number of fused-ring (bicyclic) bond motifs is 2. The van der Waals surface area contributed by atoms with Crippen LogP contribution in [-0.4, -0.2) is 51.9 Å². The molecular weight excluding hydrogens is 336 g/mol. The van der Waals surface area contributed by atoms with E-state index in [0.717, 1.165) is 11.6 Å². The molecule has 1 aromatic heterocycles. The molecule has 1 aromatic carbocycles. The molecule has 4 rings (SSSR count). The Bertz CT molecular complexity index is 820. The monoisotopic (exact) mass is 358 g/mol. The molecule has 2 aliphatic heterocycles. The zero-order chi connectivity index (χ0) is 18.1. The van der Waals surface area contributed by atoms with Gasteiger partial charge in [-0.2, -0.15) is 0 Å². The fourth-order valence-electron chi connectivity index (χ4n) is 3.42. The molecule has 26 heavy (non-hydrogen) atoms. The van der Waals surface area contributed by atoms with Crippen molar-refractivity contribution in [3.05, 3.63) is 35.4 Å². The predicted molar refractivity (Wildman–Crippen MR) is 92.2 cm³/mol. The summed E-state index contributed by atoms with van der Waals surface area (Å²) in [5.74, 6) is 2.64. The first-order chi connectivity index (χ1) is 12.7. The van der Waals surface area contributed by atoms with Crippen molar-refractivity contribution >= 4 is 5.91 Å². The summed E-state index contributed by atoms with van der Waals surface area (Å²) < 4.78 is 18.8. The highest BCUT2D eigenvalue weighted by Gasteiger charge is 2.33. The summed E-state index contributed by atoms with van der Waals surface area (Å²) in [6, 6.07) is 5.24. The number of amides is 1. The Hall–Kier alpha value is -2.61. The zero-order valence-electron chi connectivity index (χ0n) is 15.0. The van der Waals surface area contributed by atoms with Crippen molar-refractivity contribution in [2.45, 2.75) is 33.0 Å². The maximum Gasteiger partial charge on any atom is 0.258 e. The van der Waals surface area contributed by atoms with Gasteiger partial charge in [0.05, 0.1) is 11.6 Å². The molecule has 0 saturated carbocycles. The molecule has 0 unspecified atom stereocenters. The summed E-state index contributed by atoms with van der Waals surface area (Å²) in [7, 11) is 0. The Labute approximate surface area is 151 Å². The normalized spacial score (nSPS) is 18.5. The molecule has 0 N–H and O–H groups in total. The van der Waals surface area contributed by atoms with Crippen molar-refractivity contribution < 1.29 is 19.0 Å². The highest BCUT2D eigenvalue weighted by Crippen LogP contribution is 2.36. The minimum atomic E-state index is -0.181. The summed E-state index contributed by atoms with van der Waals surface area (Å²) in [6.45, 7) is 7.14. The Kier molecular flexibility index (Phi) is 4.50. The Balaban J connectivity index is 1.60. The fraction of sp³-hybridized carbons (Fsp3) is 0.500. The average molecular weight is 358 g/mol. The molecule has 2 aromatic rings. The lowest BCUT2D eigenvalue weighted by Crippen LogP contribution is -2.41. The second-order valence-electron chi connectivity index (χ2n) is 6.27. The van der Waals surface area contributed by atoms with E-state index in [-0.39, 0.29) is 11.9 Å². The van der Waals surface area contributed by atoms with E-state index in [9.17, 15) is 4.79 Å². The molecule has 0 bridgehead atoms. The van der Waals surface area contributed by atoms with Gasteiger partial charge in [0.2, 0.25) is 0 Å². The third-order valence-electron chi connectivity index (χ3n) is 4.75. The van der Waals surface area contributed by atoms with Crippen LogP contribution < -0.4 is 9.47 Å². The molecule has 0 spiro atoms. The van der Waals surface area contributed by atoms with Crippen molar-refractivity contribution in [1.29, 1.82) is 0 Å². The van der Waals surface area contributed by atoms with Crippen LogP contribution >= 0.6 is 0 Å². The minimum absolute atomic E-state index is 0.0829. The lowest BCUT2D eigenvalue weighted by Gasteiger charge is -2.34. The van der Waals surface area contributed by atoms with E-state index in [1.54, 1.807) is 6.07 Å². The van der Waals surface area contributed by atoms with Crippen LogP contribution in [0.3, 0.4) is 0 Å². The Morgan fingerprint density at radius 2 is 2.12 bits per heavy atom. The van der Waals surface area contributed by atoms with Gasteiger partial charge in [-0.25, -0.2) is 0 Å². The van der Waals surface area contributed by atoms with E-state index in [2.05, 4.69) is 10.2 Å². The molecule has 138 valence electrons. The number of nitrogens with zero attached hydrogens (tertiary/aromatic N) is 4. The van der Waals surface area contributed by atoms with E-state index in [1.165, 1.54) is 0 Å². The van der Waals surface area contributed by atoms with Crippen molar-refractivity contribution in [3.8, 4) is 11.5 Å². The Morgan fingerprint density at radius 3 is 2.96 bits per heavy atom. The third-order valence-corrected chi connectivity index (χ3v) is 4.75. The number of hydrogen-bond acceptors (Lipinski definition) is 6. The van der Waals surface area contributed by atoms with Crippen molar-refractivity contribution in [3.63, 3.8) is 0 Å². The summed E-state index contributed by atoms with van der Waals surface area (Å²) in [5.41, 5.74) is 0.525. The fourth-order valence-corrected chi connectivity index (χ4v) is 3.42. The predicted octanol–water partition coefficient (Wildman–Crippen LogP) is 1.80. The van der Waals surface area contributed by atoms with Crippen molar-refractivity contribution in [2.24, 2.45) is 0 Å². The van der Waals surface area contributed by atoms with Gasteiger partial charge < -0.3 is 23.7 Å². The number of carbonyl (C=O) groups is 1. The molecule has 8 heteroatoms. The highest BCUT2D eigenvalue weighted by atomic mass is 16.6. The van der Waals surface area contributed by atoms with Gasteiger partial charge in [0.25, 0.3) is 5.91 Å². The van der Waals surface area contributed by atoms with Crippen LogP contribution in [0, 0.1) is 0 Å². The maximum atomic E-state index is 13.2. The molecule has 1 atom stereocenters. The van der Waals surface area contributed by atoms with Crippen LogP contribution in [0.2, 0.25) is 0 Å². The third kappa shape index (κ3) is 2.80. The molecule has 8 nitrogen and oxygen atoms in total. The number of carbonyl (C=O) groups excluding carboxylic acids is 1. The van der Waals surface area contributed by atoms with Crippen LogP contribution in [-0.2, 0) is 17.9 Å². The maximum absolute atomic E-state index is 13.2. The van der Waals surface area contributed by atoms with Crippen LogP contribution in [0.4, 0.5) is 0 Å². The number of aromatic nitrogens is 3.